The lowest BCUT2D eigenvalue weighted by molar-refractivity contribution is 0.112. The van der Waals surface area contributed by atoms with Crippen molar-refractivity contribution in [1.82, 2.24) is 0 Å². The van der Waals surface area contributed by atoms with Crippen LogP contribution in [0.15, 0.2) is 30.3 Å². The zero-order valence-electron chi connectivity index (χ0n) is 10.7. The zero-order chi connectivity index (χ0) is 14.0. The van der Waals surface area contributed by atoms with Crippen molar-refractivity contribution in [3.8, 4) is 28.4 Å². The quantitative estimate of drug-likeness (QED) is 0.831. The van der Waals surface area contributed by atoms with Crippen LogP contribution >= 0.6 is 0 Å². The fourth-order valence-corrected chi connectivity index (χ4v) is 2.13. The first kappa shape index (κ1) is 13.0. The number of carbonyl (C=O) groups is 1. The van der Waals surface area contributed by atoms with Crippen LogP contribution in [0.3, 0.4) is 0 Å². The summed E-state index contributed by atoms with van der Waals surface area (Å²) in [4.78, 5) is 11.2. The van der Waals surface area contributed by atoms with Crippen LogP contribution in [0.25, 0.3) is 11.1 Å². The van der Waals surface area contributed by atoms with Gasteiger partial charge in [-0.25, -0.2) is 0 Å². The molecule has 0 aliphatic heterocycles. The predicted molar refractivity (Wildman–Crippen MR) is 71.9 cm³/mol. The van der Waals surface area contributed by atoms with Crippen LogP contribution in [0, 0.1) is 6.92 Å². The monoisotopic (exact) mass is 258 g/mol. The maximum Gasteiger partial charge on any atom is 0.166 e. The van der Waals surface area contributed by atoms with Crippen LogP contribution in [-0.4, -0.2) is 23.6 Å². The minimum atomic E-state index is -0.147. The topological polar surface area (TPSA) is 66.8 Å². The van der Waals surface area contributed by atoms with Crippen LogP contribution < -0.4 is 4.74 Å². The highest BCUT2D eigenvalue weighted by Crippen LogP contribution is 2.44. The number of aromatic hydroxyl groups is 2. The summed E-state index contributed by atoms with van der Waals surface area (Å²) in [5, 5.41) is 20.1. The average Bonchev–Trinajstić information content (AvgIpc) is 2.40. The van der Waals surface area contributed by atoms with Gasteiger partial charge in [-0.15, -0.1) is 0 Å². The molecule has 0 aromatic heterocycles. The first-order valence-electron chi connectivity index (χ1n) is 5.74. The van der Waals surface area contributed by atoms with Gasteiger partial charge in [-0.05, 0) is 24.6 Å². The van der Waals surface area contributed by atoms with Gasteiger partial charge in [-0.1, -0.05) is 18.2 Å². The summed E-state index contributed by atoms with van der Waals surface area (Å²) in [5.41, 5.74) is 1.62. The molecule has 0 atom stereocenters. The number of carbonyl (C=O) groups excluding carboxylic acids is 1. The van der Waals surface area contributed by atoms with E-state index in [0.717, 1.165) is 0 Å². The van der Waals surface area contributed by atoms with E-state index in [9.17, 15) is 15.0 Å². The SMILES string of the molecule is COc1c(C)cc(C=O)c(-c2ccccc2O)c1O. The summed E-state index contributed by atoms with van der Waals surface area (Å²) in [7, 11) is 1.44. The molecule has 0 bridgehead atoms. The van der Waals surface area contributed by atoms with E-state index in [4.69, 9.17) is 4.74 Å². The Morgan fingerprint density at radius 1 is 1.21 bits per heavy atom. The lowest BCUT2D eigenvalue weighted by Gasteiger charge is -2.15. The molecule has 0 spiro atoms. The second-order valence-electron chi connectivity index (χ2n) is 4.17. The first-order valence-corrected chi connectivity index (χ1v) is 5.74. The molecule has 0 radical (unpaired) electrons. The molecule has 19 heavy (non-hydrogen) atoms. The van der Waals surface area contributed by atoms with E-state index in [2.05, 4.69) is 0 Å². The fourth-order valence-electron chi connectivity index (χ4n) is 2.13. The molecule has 0 aliphatic carbocycles. The Balaban J connectivity index is 2.82. The van der Waals surface area contributed by atoms with Crippen molar-refractivity contribution in [3.05, 3.63) is 41.5 Å². The Morgan fingerprint density at radius 2 is 1.89 bits per heavy atom. The van der Waals surface area contributed by atoms with Crippen molar-refractivity contribution in [1.29, 1.82) is 0 Å². The number of methoxy groups -OCH3 is 1. The Kier molecular flexibility index (Phi) is 3.42. The van der Waals surface area contributed by atoms with Gasteiger partial charge in [0.15, 0.2) is 17.8 Å². The third kappa shape index (κ3) is 2.12. The van der Waals surface area contributed by atoms with Crippen LogP contribution in [-0.2, 0) is 0 Å². The van der Waals surface area contributed by atoms with E-state index >= 15 is 0 Å². The summed E-state index contributed by atoms with van der Waals surface area (Å²) in [5.74, 6) is 0.141. The zero-order valence-corrected chi connectivity index (χ0v) is 10.7. The van der Waals surface area contributed by atoms with E-state index in [1.54, 1.807) is 31.2 Å². The van der Waals surface area contributed by atoms with Crippen LogP contribution in [0.2, 0.25) is 0 Å². The molecular formula is C15H14O4. The van der Waals surface area contributed by atoms with Gasteiger partial charge in [0.25, 0.3) is 0 Å². The summed E-state index contributed by atoms with van der Waals surface area (Å²) >= 11 is 0. The number of hydrogen-bond donors (Lipinski definition) is 2. The number of aldehydes is 1. The number of phenolic OH excluding ortho intramolecular Hbond substituents is 2. The van der Waals surface area contributed by atoms with Crippen molar-refractivity contribution in [2.45, 2.75) is 6.92 Å². The number of rotatable bonds is 3. The maximum absolute atomic E-state index is 11.2. The van der Waals surface area contributed by atoms with Gasteiger partial charge in [0.05, 0.1) is 7.11 Å². The molecule has 0 heterocycles. The molecular weight excluding hydrogens is 244 g/mol. The molecule has 0 aliphatic rings. The Labute approximate surface area is 110 Å². The van der Waals surface area contributed by atoms with Crippen LogP contribution in [0.4, 0.5) is 0 Å². The fraction of sp³-hybridized carbons (Fsp3) is 0.133. The van der Waals surface area contributed by atoms with E-state index < -0.39 is 0 Å². The standard InChI is InChI=1S/C15H14O4/c1-9-7-10(8-16)13(14(18)15(9)19-2)11-5-3-4-6-12(11)17/h3-8,17-18H,1-2H3. The van der Waals surface area contributed by atoms with Gasteiger partial charge < -0.3 is 14.9 Å². The highest BCUT2D eigenvalue weighted by atomic mass is 16.5. The lowest BCUT2D eigenvalue weighted by Crippen LogP contribution is -1.95. The molecule has 0 saturated heterocycles. The third-order valence-electron chi connectivity index (χ3n) is 2.98. The first-order chi connectivity index (χ1) is 9.10. The third-order valence-corrected chi connectivity index (χ3v) is 2.98. The number of para-hydroxylation sites is 1. The number of phenols is 2. The second-order valence-corrected chi connectivity index (χ2v) is 4.17. The highest BCUT2D eigenvalue weighted by molar-refractivity contribution is 5.94. The molecule has 0 fully saturated rings. The lowest BCUT2D eigenvalue weighted by atomic mass is 9.95. The van der Waals surface area contributed by atoms with Gasteiger partial charge in [-0.2, -0.15) is 0 Å². The number of benzene rings is 2. The van der Waals surface area contributed by atoms with Gasteiger partial charge in [0.1, 0.15) is 5.75 Å². The minimum Gasteiger partial charge on any atom is -0.507 e. The van der Waals surface area contributed by atoms with E-state index in [1.807, 2.05) is 0 Å². The van der Waals surface area contributed by atoms with E-state index in [-0.39, 0.29) is 17.1 Å². The molecule has 4 heteroatoms. The van der Waals surface area contributed by atoms with Gasteiger partial charge in [0, 0.05) is 16.7 Å². The number of aryl methyl sites for hydroxylation is 1. The van der Waals surface area contributed by atoms with Crippen molar-refractivity contribution < 1.29 is 19.7 Å². The summed E-state index contributed by atoms with van der Waals surface area (Å²) < 4.78 is 5.13. The summed E-state index contributed by atoms with van der Waals surface area (Å²) in [6.07, 6.45) is 0.647. The number of hydrogen-bond acceptors (Lipinski definition) is 4. The maximum atomic E-state index is 11.2. The summed E-state index contributed by atoms with van der Waals surface area (Å²) in [6.45, 7) is 1.74. The van der Waals surface area contributed by atoms with Crippen LogP contribution in [0.5, 0.6) is 17.2 Å². The van der Waals surface area contributed by atoms with E-state index in [0.29, 0.717) is 28.7 Å². The molecule has 0 unspecified atom stereocenters. The Hall–Kier alpha value is -2.49. The van der Waals surface area contributed by atoms with Crippen molar-refractivity contribution in [3.63, 3.8) is 0 Å². The molecule has 98 valence electrons. The number of ether oxygens (including phenoxy) is 1. The van der Waals surface area contributed by atoms with Gasteiger partial charge >= 0.3 is 0 Å². The largest absolute Gasteiger partial charge is 0.507 e. The average molecular weight is 258 g/mol. The Morgan fingerprint density at radius 3 is 2.47 bits per heavy atom. The van der Waals surface area contributed by atoms with Crippen LogP contribution in [0.1, 0.15) is 15.9 Å². The van der Waals surface area contributed by atoms with Gasteiger partial charge in [-0.3, -0.25) is 4.79 Å². The van der Waals surface area contributed by atoms with Gasteiger partial charge in [0.2, 0.25) is 0 Å². The van der Waals surface area contributed by atoms with Crippen molar-refractivity contribution in [2.24, 2.45) is 0 Å². The molecule has 4 nitrogen and oxygen atoms in total. The smallest absolute Gasteiger partial charge is 0.166 e. The highest BCUT2D eigenvalue weighted by Gasteiger charge is 2.19. The van der Waals surface area contributed by atoms with Crippen molar-refractivity contribution in [2.75, 3.05) is 7.11 Å². The molecule has 2 rings (SSSR count). The predicted octanol–water partition coefficient (Wildman–Crippen LogP) is 2.89. The van der Waals surface area contributed by atoms with Crippen molar-refractivity contribution >= 4 is 6.29 Å². The molecule has 2 aromatic rings. The summed E-state index contributed by atoms with van der Waals surface area (Å²) in [6, 6.07) is 8.13. The van der Waals surface area contributed by atoms with E-state index in [1.165, 1.54) is 13.2 Å². The molecule has 2 N–H and O–H groups in total. The second kappa shape index (κ2) is 5.02. The molecule has 0 saturated carbocycles. The normalized spacial score (nSPS) is 10.2. The Bertz CT molecular complexity index is 632. The minimum absolute atomic E-state index is 0.00759. The molecule has 0 amide bonds. The molecule has 2 aromatic carbocycles.